The summed E-state index contributed by atoms with van der Waals surface area (Å²) >= 11 is 0. The summed E-state index contributed by atoms with van der Waals surface area (Å²) in [7, 11) is 0. The quantitative estimate of drug-likeness (QED) is 0.591. The predicted molar refractivity (Wildman–Crippen MR) is 115 cm³/mol. The Labute approximate surface area is 174 Å². The van der Waals surface area contributed by atoms with Gasteiger partial charge in [-0.1, -0.05) is 31.0 Å². The molecule has 0 bridgehead atoms. The lowest BCUT2D eigenvalue weighted by Crippen LogP contribution is -2.45. The Bertz CT molecular complexity index is 729. The van der Waals surface area contributed by atoms with Crippen LogP contribution in [-0.4, -0.2) is 55.6 Å². The molecule has 158 valence electrons. The molecule has 2 unspecified atom stereocenters. The maximum absolute atomic E-state index is 12.7. The number of likely N-dealkylation sites (tertiary alicyclic amines) is 1. The van der Waals surface area contributed by atoms with Crippen molar-refractivity contribution in [2.75, 3.05) is 32.8 Å². The van der Waals surface area contributed by atoms with E-state index in [4.69, 9.17) is 9.73 Å². The molecule has 4 rings (SSSR count). The molecule has 0 aromatic heterocycles. The molecular formula is C23H34N4O2. The third-order valence-corrected chi connectivity index (χ3v) is 6.44. The van der Waals surface area contributed by atoms with Crippen molar-refractivity contribution in [1.29, 1.82) is 0 Å². The second-order valence-corrected chi connectivity index (χ2v) is 8.49. The molecule has 6 heteroatoms. The molecule has 3 aliphatic rings. The van der Waals surface area contributed by atoms with Gasteiger partial charge in [0.05, 0.1) is 6.61 Å². The number of carbonyl (C=O) groups is 1. The molecular weight excluding hydrogens is 364 g/mol. The molecule has 2 aliphatic heterocycles. The van der Waals surface area contributed by atoms with Crippen molar-refractivity contribution in [3.05, 3.63) is 29.8 Å². The van der Waals surface area contributed by atoms with Crippen molar-refractivity contribution in [3.63, 3.8) is 0 Å². The lowest BCUT2D eigenvalue weighted by molar-refractivity contribution is -0.134. The lowest BCUT2D eigenvalue weighted by Gasteiger charge is -2.25. The largest absolute Gasteiger partial charge is 0.493 e. The number of aliphatic imine (C=N–C) groups is 1. The number of benzene rings is 1. The van der Waals surface area contributed by atoms with Gasteiger partial charge in [0.2, 0.25) is 5.91 Å². The maximum Gasteiger partial charge on any atom is 0.225 e. The fourth-order valence-electron chi connectivity index (χ4n) is 4.83. The number of hydrogen-bond donors (Lipinski definition) is 2. The Hall–Kier alpha value is -2.24. The standard InChI is InChI=1S/C23H34N4O2/c1-2-24-23(25-15-18-12-14-29-21-10-6-5-9-20(18)21)26-19-11-13-27(16-19)22(28)17-7-3-4-8-17/h5-6,9-10,17-19H,2-4,7-8,11-16H2,1H3,(H2,24,25,26). The monoisotopic (exact) mass is 398 g/mol. The minimum absolute atomic E-state index is 0.268. The summed E-state index contributed by atoms with van der Waals surface area (Å²) in [6, 6.07) is 8.57. The zero-order valence-corrected chi connectivity index (χ0v) is 17.5. The van der Waals surface area contributed by atoms with E-state index in [2.05, 4.69) is 34.6 Å². The van der Waals surface area contributed by atoms with Gasteiger partial charge in [0.1, 0.15) is 5.75 Å². The molecule has 1 aliphatic carbocycles. The van der Waals surface area contributed by atoms with Gasteiger partial charge < -0.3 is 20.3 Å². The fourth-order valence-corrected chi connectivity index (χ4v) is 4.83. The van der Waals surface area contributed by atoms with Gasteiger partial charge >= 0.3 is 0 Å². The number of hydrogen-bond acceptors (Lipinski definition) is 3. The van der Waals surface area contributed by atoms with Crippen LogP contribution >= 0.6 is 0 Å². The van der Waals surface area contributed by atoms with E-state index >= 15 is 0 Å². The summed E-state index contributed by atoms with van der Waals surface area (Å²) in [6.45, 7) is 6.06. The van der Waals surface area contributed by atoms with Crippen LogP contribution < -0.4 is 15.4 Å². The molecule has 2 N–H and O–H groups in total. The Morgan fingerprint density at radius 3 is 2.86 bits per heavy atom. The SMILES string of the molecule is CCNC(=NCC1CCOc2ccccc21)NC1CCN(C(=O)C2CCCC2)C1. The number of carbonyl (C=O) groups excluding carboxylic acids is 1. The maximum atomic E-state index is 12.7. The van der Waals surface area contributed by atoms with E-state index in [0.717, 1.165) is 70.2 Å². The Kier molecular flexibility index (Phi) is 6.57. The summed E-state index contributed by atoms with van der Waals surface area (Å²) in [5.41, 5.74) is 1.26. The van der Waals surface area contributed by atoms with Crippen molar-refractivity contribution in [3.8, 4) is 5.75 Å². The van der Waals surface area contributed by atoms with E-state index in [-0.39, 0.29) is 12.0 Å². The van der Waals surface area contributed by atoms with Crippen molar-refractivity contribution in [2.24, 2.45) is 10.9 Å². The molecule has 0 radical (unpaired) electrons. The normalized spacial score (nSPS) is 24.9. The number of guanidine groups is 1. The highest BCUT2D eigenvalue weighted by molar-refractivity contribution is 5.81. The Morgan fingerprint density at radius 2 is 2.03 bits per heavy atom. The van der Waals surface area contributed by atoms with E-state index in [0.29, 0.717) is 11.8 Å². The van der Waals surface area contributed by atoms with Crippen molar-refractivity contribution >= 4 is 11.9 Å². The lowest BCUT2D eigenvalue weighted by atomic mass is 9.93. The Balaban J connectivity index is 1.34. The van der Waals surface area contributed by atoms with Crippen molar-refractivity contribution < 1.29 is 9.53 Å². The van der Waals surface area contributed by atoms with Gasteiger partial charge in [0.25, 0.3) is 0 Å². The number of ether oxygens (including phenoxy) is 1. The molecule has 2 fully saturated rings. The van der Waals surface area contributed by atoms with Crippen molar-refractivity contribution in [1.82, 2.24) is 15.5 Å². The Morgan fingerprint density at radius 1 is 1.21 bits per heavy atom. The number of nitrogens with zero attached hydrogens (tertiary/aromatic N) is 2. The highest BCUT2D eigenvalue weighted by atomic mass is 16.5. The van der Waals surface area contributed by atoms with Crippen LogP contribution in [0.25, 0.3) is 0 Å². The third-order valence-electron chi connectivity index (χ3n) is 6.44. The van der Waals surface area contributed by atoms with Crippen LogP contribution in [0, 0.1) is 5.92 Å². The molecule has 1 saturated heterocycles. The van der Waals surface area contributed by atoms with E-state index in [1.54, 1.807) is 0 Å². The summed E-state index contributed by atoms with van der Waals surface area (Å²) in [5, 5.41) is 6.95. The van der Waals surface area contributed by atoms with E-state index in [1.165, 1.54) is 18.4 Å². The first kappa shape index (κ1) is 20.0. The smallest absolute Gasteiger partial charge is 0.225 e. The van der Waals surface area contributed by atoms with E-state index < -0.39 is 0 Å². The van der Waals surface area contributed by atoms with Crippen LogP contribution in [0.3, 0.4) is 0 Å². The van der Waals surface area contributed by atoms with E-state index in [1.807, 2.05) is 12.1 Å². The van der Waals surface area contributed by atoms with Gasteiger partial charge in [0, 0.05) is 44.1 Å². The van der Waals surface area contributed by atoms with Gasteiger partial charge in [-0.05, 0) is 44.2 Å². The molecule has 2 heterocycles. The average molecular weight is 399 g/mol. The summed E-state index contributed by atoms with van der Waals surface area (Å²) in [4.78, 5) is 19.6. The van der Waals surface area contributed by atoms with Gasteiger partial charge in [-0.15, -0.1) is 0 Å². The zero-order chi connectivity index (χ0) is 20.1. The van der Waals surface area contributed by atoms with Crippen molar-refractivity contribution in [2.45, 2.75) is 57.4 Å². The van der Waals surface area contributed by atoms with Crippen LogP contribution in [0.4, 0.5) is 0 Å². The van der Waals surface area contributed by atoms with Crippen LogP contribution in [0.2, 0.25) is 0 Å². The number of nitrogens with one attached hydrogen (secondary N) is 2. The minimum Gasteiger partial charge on any atom is -0.493 e. The molecule has 1 aromatic carbocycles. The van der Waals surface area contributed by atoms with Crippen LogP contribution in [0.1, 0.15) is 56.9 Å². The van der Waals surface area contributed by atoms with Gasteiger partial charge in [0.15, 0.2) is 5.96 Å². The fraction of sp³-hybridized carbons (Fsp3) is 0.652. The minimum atomic E-state index is 0.268. The summed E-state index contributed by atoms with van der Waals surface area (Å²) in [6.07, 6.45) is 6.54. The summed E-state index contributed by atoms with van der Waals surface area (Å²) < 4.78 is 5.77. The number of rotatable bonds is 5. The first-order chi connectivity index (χ1) is 14.2. The van der Waals surface area contributed by atoms with Crippen LogP contribution in [0.15, 0.2) is 29.3 Å². The summed E-state index contributed by atoms with van der Waals surface area (Å²) in [5.74, 6) is 2.88. The third kappa shape index (κ3) is 4.85. The molecule has 0 spiro atoms. The van der Waals surface area contributed by atoms with Gasteiger partial charge in [-0.3, -0.25) is 9.79 Å². The van der Waals surface area contributed by atoms with Gasteiger partial charge in [-0.25, -0.2) is 0 Å². The van der Waals surface area contributed by atoms with Gasteiger partial charge in [-0.2, -0.15) is 0 Å². The molecule has 2 atom stereocenters. The second-order valence-electron chi connectivity index (χ2n) is 8.49. The van der Waals surface area contributed by atoms with Crippen LogP contribution in [0.5, 0.6) is 5.75 Å². The topological polar surface area (TPSA) is 66.0 Å². The molecule has 1 saturated carbocycles. The first-order valence-corrected chi connectivity index (χ1v) is 11.3. The highest BCUT2D eigenvalue weighted by Gasteiger charge is 2.32. The predicted octanol–water partition coefficient (Wildman–Crippen LogP) is 2.90. The number of para-hydroxylation sites is 1. The number of amides is 1. The number of fused-ring (bicyclic) bond motifs is 1. The van der Waals surface area contributed by atoms with E-state index in [9.17, 15) is 4.79 Å². The molecule has 6 nitrogen and oxygen atoms in total. The molecule has 29 heavy (non-hydrogen) atoms. The highest BCUT2D eigenvalue weighted by Crippen LogP contribution is 2.33. The van der Waals surface area contributed by atoms with Crippen LogP contribution in [-0.2, 0) is 4.79 Å². The zero-order valence-electron chi connectivity index (χ0n) is 17.5. The molecule has 1 amide bonds. The first-order valence-electron chi connectivity index (χ1n) is 11.3. The molecule has 1 aromatic rings. The average Bonchev–Trinajstić information content (AvgIpc) is 3.44. The second kappa shape index (κ2) is 9.51.